The predicted molar refractivity (Wildman–Crippen MR) is 144 cm³/mol. The second kappa shape index (κ2) is 8.44. The van der Waals surface area contributed by atoms with Gasteiger partial charge in [0.25, 0.3) is 0 Å². The zero-order valence-electron chi connectivity index (χ0n) is 19.6. The Labute approximate surface area is 203 Å². The summed E-state index contributed by atoms with van der Waals surface area (Å²) in [6.07, 6.45) is 0. The van der Waals surface area contributed by atoms with Crippen molar-refractivity contribution in [3.63, 3.8) is 0 Å². The molecule has 0 radical (unpaired) electrons. The summed E-state index contributed by atoms with van der Waals surface area (Å²) in [4.78, 5) is 9.63. The first-order valence-corrected chi connectivity index (χ1v) is 13.6. The third-order valence-corrected chi connectivity index (χ3v) is 7.28. The summed E-state index contributed by atoms with van der Waals surface area (Å²) in [5.74, 6) is 0. The van der Waals surface area contributed by atoms with Gasteiger partial charge in [-0.25, -0.2) is 0 Å². The van der Waals surface area contributed by atoms with Crippen molar-refractivity contribution in [2.45, 2.75) is 13.2 Å². The van der Waals surface area contributed by atoms with E-state index in [1.54, 1.807) is 7.11 Å². The second-order valence-corrected chi connectivity index (χ2v) is 11.0. The van der Waals surface area contributed by atoms with E-state index in [1.165, 1.54) is 49.8 Å². The molecule has 0 spiro atoms. The Morgan fingerprint density at radius 3 is 1.94 bits per heavy atom. The lowest BCUT2D eigenvalue weighted by Crippen LogP contribution is -1.96. The summed E-state index contributed by atoms with van der Waals surface area (Å²) in [5.41, 5.74) is 3.96. The molecule has 1 N–H and O–H groups in total. The Bertz CT molecular complexity index is 1720. The Morgan fingerprint density at radius 2 is 1.29 bits per heavy atom. The Balaban J connectivity index is 1.63. The van der Waals surface area contributed by atoms with E-state index in [1.807, 2.05) is 12.1 Å². The van der Waals surface area contributed by atoms with Crippen LogP contribution in [-0.4, -0.2) is 18.7 Å². The topological polar surface area (TPSA) is 55.8 Å². The molecule has 6 rings (SSSR count). The molecule has 0 amide bonds. The molecule has 6 aromatic carbocycles. The number of methoxy groups -OCH3 is 1. The first-order chi connectivity index (χ1) is 16.9. The normalized spacial score (nSPS) is 13.8. The molecule has 35 heavy (non-hydrogen) atoms. The molecule has 174 valence electrons. The van der Waals surface area contributed by atoms with Gasteiger partial charge in [0.2, 0.25) is 0 Å². The molecular weight excluding hydrogens is 455 g/mol. The maximum absolute atomic E-state index is 11.7. The van der Waals surface area contributed by atoms with Crippen LogP contribution in [0.5, 0.6) is 0 Å². The fraction of sp³-hybridized carbons (Fsp3) is 0.133. The van der Waals surface area contributed by atoms with Crippen LogP contribution in [0.15, 0.2) is 84.9 Å². The van der Waals surface area contributed by atoms with Gasteiger partial charge in [-0.2, -0.15) is 0 Å². The number of rotatable bonds is 6. The van der Waals surface area contributed by atoms with Crippen molar-refractivity contribution in [1.29, 1.82) is 0 Å². The Kier molecular flexibility index (Phi) is 5.36. The fourth-order valence-electron chi connectivity index (χ4n) is 5.34. The van der Waals surface area contributed by atoms with E-state index in [-0.39, 0.29) is 6.61 Å². The van der Waals surface area contributed by atoms with E-state index in [0.29, 0.717) is 6.61 Å². The van der Waals surface area contributed by atoms with Crippen molar-refractivity contribution < 1.29 is 18.7 Å². The van der Waals surface area contributed by atoms with E-state index in [9.17, 15) is 9.46 Å². The van der Waals surface area contributed by atoms with Crippen LogP contribution in [0.4, 0.5) is 0 Å². The standard InChI is InChI=1S/C30H25O4P/c1-33-17-19-14-20(18-34-35(2,31)32)16-22(15-19)23-12-13-28-26-9-4-7-21-6-3-8-25(29(21)26)27-11-5-10-24(23)30(27)28/h3-16H,17-18H2,1-2H3,(H,31,32). The molecule has 0 heterocycles. The zero-order chi connectivity index (χ0) is 24.2. The van der Waals surface area contributed by atoms with E-state index in [2.05, 4.69) is 72.8 Å². The van der Waals surface area contributed by atoms with Gasteiger partial charge in [0.15, 0.2) is 0 Å². The predicted octanol–water partition coefficient (Wildman–Crippen LogP) is 7.88. The molecule has 0 saturated carbocycles. The first kappa shape index (κ1) is 22.2. The van der Waals surface area contributed by atoms with Crippen molar-refractivity contribution >= 4 is 50.7 Å². The number of benzene rings is 6. The van der Waals surface area contributed by atoms with Gasteiger partial charge in [0.1, 0.15) is 0 Å². The molecule has 0 aromatic heterocycles. The van der Waals surface area contributed by atoms with E-state index in [0.717, 1.165) is 22.3 Å². The lowest BCUT2D eigenvalue weighted by Gasteiger charge is -2.17. The highest BCUT2D eigenvalue weighted by molar-refractivity contribution is 7.51. The summed E-state index contributed by atoms with van der Waals surface area (Å²) >= 11 is 0. The molecule has 0 aliphatic rings. The summed E-state index contributed by atoms with van der Waals surface area (Å²) in [5, 5.41) is 9.99. The van der Waals surface area contributed by atoms with Crippen molar-refractivity contribution in [2.24, 2.45) is 0 Å². The number of hydrogen-bond donors (Lipinski definition) is 1. The maximum Gasteiger partial charge on any atom is 0.325 e. The maximum atomic E-state index is 11.7. The molecule has 0 fully saturated rings. The van der Waals surface area contributed by atoms with Gasteiger partial charge in [-0.1, -0.05) is 72.8 Å². The van der Waals surface area contributed by atoms with Crippen LogP contribution in [-0.2, 0) is 27.0 Å². The quantitative estimate of drug-likeness (QED) is 0.150. The van der Waals surface area contributed by atoms with Crippen LogP contribution in [0.2, 0.25) is 0 Å². The smallest absolute Gasteiger partial charge is 0.325 e. The minimum absolute atomic E-state index is 0.0610. The third-order valence-electron chi connectivity index (χ3n) is 6.67. The molecule has 1 unspecified atom stereocenters. The third kappa shape index (κ3) is 3.89. The molecule has 0 aliphatic heterocycles. The van der Waals surface area contributed by atoms with Crippen molar-refractivity contribution in [3.05, 3.63) is 96.1 Å². The number of fused-ring (bicyclic) bond motifs is 2. The average molecular weight is 481 g/mol. The minimum Gasteiger partial charge on any atom is -0.380 e. The van der Waals surface area contributed by atoms with Crippen LogP contribution in [0.25, 0.3) is 54.2 Å². The van der Waals surface area contributed by atoms with Crippen molar-refractivity contribution in [1.82, 2.24) is 0 Å². The van der Waals surface area contributed by atoms with Crippen LogP contribution in [0, 0.1) is 0 Å². The molecule has 1 atom stereocenters. The van der Waals surface area contributed by atoms with Crippen molar-refractivity contribution in [3.8, 4) is 11.1 Å². The monoisotopic (exact) mass is 480 g/mol. The highest BCUT2D eigenvalue weighted by Crippen LogP contribution is 2.43. The lowest BCUT2D eigenvalue weighted by atomic mass is 9.87. The van der Waals surface area contributed by atoms with Gasteiger partial charge in [-0.05, 0) is 77.5 Å². The minimum atomic E-state index is -3.58. The number of hydrogen-bond acceptors (Lipinski definition) is 3. The summed E-state index contributed by atoms with van der Waals surface area (Å²) < 4.78 is 22.4. The molecule has 4 nitrogen and oxygen atoms in total. The SMILES string of the molecule is COCc1cc(COP(C)(=O)O)cc(-c2ccc3c4cccc5cccc(c6cccc2c63)c54)c1. The van der Waals surface area contributed by atoms with Gasteiger partial charge in [0, 0.05) is 13.8 Å². The zero-order valence-corrected chi connectivity index (χ0v) is 20.5. The highest BCUT2D eigenvalue weighted by atomic mass is 31.2. The average Bonchev–Trinajstić information content (AvgIpc) is 2.85. The molecule has 0 bridgehead atoms. The highest BCUT2D eigenvalue weighted by Gasteiger charge is 2.16. The number of ether oxygens (including phenoxy) is 1. The van der Waals surface area contributed by atoms with E-state index in [4.69, 9.17) is 9.26 Å². The Morgan fingerprint density at radius 1 is 0.714 bits per heavy atom. The molecule has 5 heteroatoms. The van der Waals surface area contributed by atoms with Crippen LogP contribution in [0.1, 0.15) is 11.1 Å². The second-order valence-electron chi connectivity index (χ2n) is 9.15. The Hall–Kier alpha value is -3.27. The van der Waals surface area contributed by atoms with Crippen LogP contribution in [0.3, 0.4) is 0 Å². The first-order valence-electron chi connectivity index (χ1n) is 11.6. The van der Waals surface area contributed by atoms with Gasteiger partial charge in [-0.3, -0.25) is 4.57 Å². The summed E-state index contributed by atoms with van der Waals surface area (Å²) in [7, 11) is -1.92. The lowest BCUT2D eigenvalue weighted by molar-refractivity contribution is 0.184. The van der Waals surface area contributed by atoms with Gasteiger partial charge in [0.05, 0.1) is 13.2 Å². The summed E-state index contributed by atoms with van der Waals surface area (Å²) in [6, 6.07) is 30.1. The molecule has 0 saturated heterocycles. The largest absolute Gasteiger partial charge is 0.380 e. The molecule has 0 aliphatic carbocycles. The fourth-order valence-corrected chi connectivity index (χ4v) is 5.73. The van der Waals surface area contributed by atoms with Gasteiger partial charge >= 0.3 is 7.60 Å². The molecule has 6 aromatic rings. The van der Waals surface area contributed by atoms with Gasteiger partial charge < -0.3 is 14.2 Å². The molecular formula is C30H25O4P. The van der Waals surface area contributed by atoms with Crippen LogP contribution < -0.4 is 0 Å². The summed E-state index contributed by atoms with van der Waals surface area (Å²) in [6.45, 7) is 1.71. The van der Waals surface area contributed by atoms with E-state index >= 15 is 0 Å². The van der Waals surface area contributed by atoms with Gasteiger partial charge in [-0.15, -0.1) is 0 Å². The van der Waals surface area contributed by atoms with Crippen LogP contribution >= 0.6 is 7.60 Å². The van der Waals surface area contributed by atoms with E-state index < -0.39 is 7.60 Å². The van der Waals surface area contributed by atoms with Crippen molar-refractivity contribution in [2.75, 3.05) is 13.8 Å².